The van der Waals surface area contributed by atoms with E-state index in [-0.39, 0.29) is 5.56 Å². The number of hydrogen-bond acceptors (Lipinski definition) is 1. The fourth-order valence-corrected chi connectivity index (χ4v) is 3.06. The maximum absolute atomic E-state index is 13.0. The molecule has 0 unspecified atom stereocenters. The second kappa shape index (κ2) is 6.02. The van der Waals surface area contributed by atoms with Gasteiger partial charge in [-0.2, -0.15) is 8.78 Å². The van der Waals surface area contributed by atoms with Crippen molar-refractivity contribution in [1.82, 2.24) is 0 Å². The molecular formula is C17H22F2O. The summed E-state index contributed by atoms with van der Waals surface area (Å²) in [5.74, 6) is -3.03. The van der Waals surface area contributed by atoms with E-state index in [2.05, 4.69) is 6.92 Å². The summed E-state index contributed by atoms with van der Waals surface area (Å²) < 4.78 is 26.0. The van der Waals surface area contributed by atoms with Crippen LogP contribution in [-0.4, -0.2) is 11.7 Å². The summed E-state index contributed by atoms with van der Waals surface area (Å²) in [6.45, 7) is 2.88. The van der Waals surface area contributed by atoms with Gasteiger partial charge in [-0.1, -0.05) is 37.6 Å². The van der Waals surface area contributed by atoms with Crippen LogP contribution in [0.15, 0.2) is 24.3 Å². The first kappa shape index (κ1) is 15.1. The zero-order chi connectivity index (χ0) is 14.8. The molecule has 20 heavy (non-hydrogen) atoms. The van der Waals surface area contributed by atoms with Gasteiger partial charge in [0.05, 0.1) is 0 Å². The molecule has 0 aliphatic heterocycles. The SMILES string of the molecule is CC[C@H]1CC[C@H](c2ccc(C(=O)C(C)(F)F)cc2)CC1. The van der Waals surface area contributed by atoms with Crippen molar-refractivity contribution in [2.75, 3.05) is 0 Å². The number of halogens is 2. The molecule has 1 aliphatic rings. The van der Waals surface area contributed by atoms with Gasteiger partial charge in [0.1, 0.15) is 0 Å². The van der Waals surface area contributed by atoms with Crippen LogP contribution in [0.2, 0.25) is 0 Å². The van der Waals surface area contributed by atoms with Crippen LogP contribution >= 0.6 is 0 Å². The van der Waals surface area contributed by atoms with Crippen molar-refractivity contribution in [3.8, 4) is 0 Å². The van der Waals surface area contributed by atoms with Crippen molar-refractivity contribution in [2.45, 2.75) is 57.8 Å². The van der Waals surface area contributed by atoms with Crippen LogP contribution in [0.4, 0.5) is 8.78 Å². The highest BCUT2D eigenvalue weighted by molar-refractivity contribution is 6.01. The molecule has 0 saturated heterocycles. The number of ketones is 1. The fraction of sp³-hybridized carbons (Fsp3) is 0.588. The smallest absolute Gasteiger partial charge is 0.287 e. The van der Waals surface area contributed by atoms with Crippen molar-refractivity contribution >= 4 is 5.78 Å². The molecule has 0 atom stereocenters. The second-order valence-corrected chi connectivity index (χ2v) is 5.97. The third-order valence-corrected chi connectivity index (χ3v) is 4.47. The quantitative estimate of drug-likeness (QED) is 0.692. The Labute approximate surface area is 119 Å². The normalized spacial score (nSPS) is 23.6. The molecule has 0 N–H and O–H groups in total. The van der Waals surface area contributed by atoms with E-state index >= 15 is 0 Å². The van der Waals surface area contributed by atoms with Crippen molar-refractivity contribution in [1.29, 1.82) is 0 Å². The molecule has 1 aromatic rings. The lowest BCUT2D eigenvalue weighted by molar-refractivity contribution is 0.0221. The van der Waals surface area contributed by atoms with Gasteiger partial charge in [0.2, 0.25) is 5.78 Å². The van der Waals surface area contributed by atoms with Gasteiger partial charge >= 0.3 is 5.92 Å². The lowest BCUT2D eigenvalue weighted by atomic mass is 9.78. The van der Waals surface area contributed by atoms with E-state index in [1.54, 1.807) is 12.1 Å². The Morgan fingerprint density at radius 1 is 1.15 bits per heavy atom. The second-order valence-electron chi connectivity index (χ2n) is 5.97. The van der Waals surface area contributed by atoms with Gasteiger partial charge in [0.15, 0.2) is 0 Å². The minimum atomic E-state index is -3.29. The third kappa shape index (κ3) is 3.44. The summed E-state index contributed by atoms with van der Waals surface area (Å²) in [6, 6.07) is 6.77. The molecule has 0 spiro atoms. The van der Waals surface area contributed by atoms with E-state index in [0.29, 0.717) is 12.8 Å². The highest BCUT2D eigenvalue weighted by Gasteiger charge is 2.33. The topological polar surface area (TPSA) is 17.1 Å². The molecule has 0 heterocycles. The number of Topliss-reactive ketones (excluding diaryl/α,β-unsaturated/α-hetero) is 1. The molecule has 3 heteroatoms. The molecule has 0 amide bonds. The molecule has 1 saturated carbocycles. The standard InChI is InChI=1S/C17H22F2O/c1-3-12-4-6-13(7-5-12)14-8-10-15(11-9-14)16(20)17(2,18)19/h8-13H,3-7H2,1-2H3/t12-,13-. The minimum Gasteiger partial charge on any atom is -0.287 e. The summed E-state index contributed by atoms with van der Waals surface area (Å²) in [7, 11) is 0. The summed E-state index contributed by atoms with van der Waals surface area (Å²) in [5, 5.41) is 0. The van der Waals surface area contributed by atoms with Crippen molar-refractivity contribution in [3.05, 3.63) is 35.4 Å². The van der Waals surface area contributed by atoms with Gasteiger partial charge in [-0.05, 0) is 43.1 Å². The highest BCUT2D eigenvalue weighted by atomic mass is 19.3. The summed E-state index contributed by atoms with van der Waals surface area (Å²) in [4.78, 5) is 11.5. The Hall–Kier alpha value is -1.25. The number of carbonyl (C=O) groups is 1. The lowest BCUT2D eigenvalue weighted by Crippen LogP contribution is -2.24. The van der Waals surface area contributed by atoms with Gasteiger partial charge < -0.3 is 0 Å². The predicted octanol–water partition coefficient (Wildman–Crippen LogP) is 5.21. The first-order chi connectivity index (χ1) is 9.41. The van der Waals surface area contributed by atoms with E-state index < -0.39 is 11.7 Å². The molecule has 2 rings (SSSR count). The summed E-state index contributed by atoms with van der Waals surface area (Å²) in [6.07, 6.45) is 6.06. The van der Waals surface area contributed by atoms with Gasteiger partial charge in [-0.3, -0.25) is 4.79 Å². The van der Waals surface area contributed by atoms with Gasteiger partial charge in [-0.25, -0.2) is 0 Å². The number of hydrogen-bond donors (Lipinski definition) is 0. The Bertz CT molecular complexity index is 451. The largest absolute Gasteiger partial charge is 0.307 e. The van der Waals surface area contributed by atoms with Crippen LogP contribution in [-0.2, 0) is 0 Å². The minimum absolute atomic E-state index is 0.100. The third-order valence-electron chi connectivity index (χ3n) is 4.47. The van der Waals surface area contributed by atoms with Crippen LogP contribution in [0.5, 0.6) is 0 Å². The number of carbonyl (C=O) groups excluding carboxylic acids is 1. The van der Waals surface area contributed by atoms with Crippen molar-refractivity contribution in [3.63, 3.8) is 0 Å². The molecule has 0 aromatic heterocycles. The van der Waals surface area contributed by atoms with E-state index in [1.807, 2.05) is 12.1 Å². The summed E-state index contributed by atoms with van der Waals surface area (Å²) in [5.41, 5.74) is 1.28. The van der Waals surface area contributed by atoms with E-state index in [0.717, 1.165) is 18.8 Å². The van der Waals surface area contributed by atoms with Crippen LogP contribution in [0, 0.1) is 5.92 Å². The maximum Gasteiger partial charge on any atom is 0.307 e. The maximum atomic E-state index is 13.0. The van der Waals surface area contributed by atoms with Crippen LogP contribution < -0.4 is 0 Å². The zero-order valence-corrected chi connectivity index (χ0v) is 12.2. The zero-order valence-electron chi connectivity index (χ0n) is 12.2. The molecule has 110 valence electrons. The molecule has 0 bridgehead atoms. The molecular weight excluding hydrogens is 258 g/mol. The molecule has 0 radical (unpaired) electrons. The number of alkyl halides is 2. The van der Waals surface area contributed by atoms with Crippen LogP contribution in [0.3, 0.4) is 0 Å². The van der Waals surface area contributed by atoms with Crippen molar-refractivity contribution in [2.24, 2.45) is 5.92 Å². The van der Waals surface area contributed by atoms with Gasteiger partial charge in [-0.15, -0.1) is 0 Å². The van der Waals surface area contributed by atoms with Crippen LogP contribution in [0.25, 0.3) is 0 Å². The Kier molecular flexibility index (Phi) is 4.56. The highest BCUT2D eigenvalue weighted by Crippen LogP contribution is 2.37. The Balaban J connectivity index is 2.04. The molecule has 1 fully saturated rings. The fourth-order valence-electron chi connectivity index (χ4n) is 3.06. The first-order valence-corrected chi connectivity index (χ1v) is 7.44. The molecule has 1 nitrogen and oxygen atoms in total. The monoisotopic (exact) mass is 280 g/mol. The number of rotatable bonds is 4. The Morgan fingerprint density at radius 2 is 1.70 bits per heavy atom. The molecule has 1 aliphatic carbocycles. The molecule has 1 aromatic carbocycles. The van der Waals surface area contributed by atoms with Gasteiger partial charge in [0.25, 0.3) is 0 Å². The summed E-state index contributed by atoms with van der Waals surface area (Å²) >= 11 is 0. The van der Waals surface area contributed by atoms with Crippen LogP contribution in [0.1, 0.15) is 67.8 Å². The predicted molar refractivity (Wildman–Crippen MR) is 76.4 cm³/mol. The average Bonchev–Trinajstić information content (AvgIpc) is 2.46. The first-order valence-electron chi connectivity index (χ1n) is 7.44. The van der Waals surface area contributed by atoms with E-state index in [1.165, 1.54) is 24.8 Å². The average molecular weight is 280 g/mol. The lowest BCUT2D eigenvalue weighted by Gasteiger charge is -2.28. The number of benzene rings is 1. The van der Waals surface area contributed by atoms with Crippen molar-refractivity contribution < 1.29 is 13.6 Å². The van der Waals surface area contributed by atoms with E-state index in [9.17, 15) is 13.6 Å². The van der Waals surface area contributed by atoms with Gasteiger partial charge in [0, 0.05) is 12.5 Å². The van der Waals surface area contributed by atoms with E-state index in [4.69, 9.17) is 0 Å². The Morgan fingerprint density at radius 3 is 2.15 bits per heavy atom.